The molecule has 0 spiro atoms. The van der Waals surface area contributed by atoms with Crippen LogP contribution in [0, 0.1) is 0 Å². The molecule has 1 atom stereocenters. The number of carbonyl (C=O) groups excluding carboxylic acids is 1. The Kier molecular flexibility index (Phi) is 5.94. The van der Waals surface area contributed by atoms with E-state index in [1.54, 1.807) is 25.4 Å². The van der Waals surface area contributed by atoms with Gasteiger partial charge < -0.3 is 10.1 Å². The number of amides is 1. The lowest BCUT2D eigenvalue weighted by Gasteiger charge is -2.15. The van der Waals surface area contributed by atoms with Crippen LogP contribution in [0.1, 0.15) is 10.5 Å². The van der Waals surface area contributed by atoms with Crippen LogP contribution < -0.4 is 5.32 Å². The molecule has 0 aromatic carbocycles. The van der Waals surface area contributed by atoms with E-state index in [9.17, 15) is 4.79 Å². The number of alkyl halides is 1. The van der Waals surface area contributed by atoms with Crippen LogP contribution >= 0.6 is 31.9 Å². The Hall–Kier alpha value is -0.460. The lowest BCUT2D eigenvalue weighted by Crippen LogP contribution is -2.39. The zero-order chi connectivity index (χ0) is 12.0. The first-order valence-electron chi connectivity index (χ1n) is 4.65. The fraction of sp³-hybridized carbons (Fsp3) is 0.400. The molecule has 1 unspecified atom stereocenters. The van der Waals surface area contributed by atoms with Gasteiger partial charge in [0.25, 0.3) is 5.91 Å². The molecular weight excluding hydrogens is 340 g/mol. The number of pyridine rings is 1. The zero-order valence-electron chi connectivity index (χ0n) is 8.74. The van der Waals surface area contributed by atoms with Crippen LogP contribution in [0.3, 0.4) is 0 Å². The molecule has 1 rings (SSSR count). The van der Waals surface area contributed by atoms with E-state index >= 15 is 0 Å². The average molecular weight is 352 g/mol. The van der Waals surface area contributed by atoms with E-state index in [-0.39, 0.29) is 11.9 Å². The Bertz CT molecular complexity index is 360. The molecule has 0 radical (unpaired) electrons. The minimum Gasteiger partial charge on any atom is -0.383 e. The van der Waals surface area contributed by atoms with E-state index in [0.717, 1.165) is 0 Å². The van der Waals surface area contributed by atoms with Crippen molar-refractivity contribution in [2.45, 2.75) is 6.04 Å². The fourth-order valence-electron chi connectivity index (χ4n) is 1.13. The normalized spacial score (nSPS) is 12.2. The molecule has 0 aliphatic heterocycles. The summed E-state index contributed by atoms with van der Waals surface area (Å²) in [5.41, 5.74) is 0.379. The summed E-state index contributed by atoms with van der Waals surface area (Å²) in [4.78, 5) is 15.8. The summed E-state index contributed by atoms with van der Waals surface area (Å²) in [6, 6.07) is 3.48. The number of nitrogens with one attached hydrogen (secondary N) is 1. The van der Waals surface area contributed by atoms with Crippen LogP contribution in [0.4, 0.5) is 0 Å². The van der Waals surface area contributed by atoms with Gasteiger partial charge in [0.05, 0.1) is 12.6 Å². The van der Waals surface area contributed by atoms with Crippen LogP contribution in [-0.4, -0.2) is 36.0 Å². The van der Waals surface area contributed by atoms with Crippen molar-refractivity contribution in [2.75, 3.05) is 19.0 Å². The smallest absolute Gasteiger partial charge is 0.271 e. The van der Waals surface area contributed by atoms with Gasteiger partial charge in [0, 0.05) is 23.1 Å². The highest BCUT2D eigenvalue weighted by Gasteiger charge is 2.15. The number of hydrogen-bond acceptors (Lipinski definition) is 3. The second-order valence-corrected chi connectivity index (χ2v) is 4.62. The second kappa shape index (κ2) is 6.98. The minimum atomic E-state index is -0.214. The number of ether oxygens (including phenoxy) is 1. The molecule has 1 heterocycles. The molecule has 1 aromatic rings. The van der Waals surface area contributed by atoms with E-state index in [4.69, 9.17) is 4.74 Å². The first kappa shape index (κ1) is 13.6. The average Bonchev–Trinajstić information content (AvgIpc) is 2.28. The van der Waals surface area contributed by atoms with Crippen LogP contribution in [-0.2, 0) is 4.74 Å². The monoisotopic (exact) mass is 350 g/mol. The maximum atomic E-state index is 11.8. The molecule has 0 saturated heterocycles. The van der Waals surface area contributed by atoms with Crippen LogP contribution in [0.15, 0.2) is 22.8 Å². The third-order valence-electron chi connectivity index (χ3n) is 1.86. The Morgan fingerprint density at radius 3 is 3.00 bits per heavy atom. The maximum absolute atomic E-state index is 11.8. The highest BCUT2D eigenvalue weighted by atomic mass is 79.9. The Morgan fingerprint density at radius 2 is 2.44 bits per heavy atom. The first-order chi connectivity index (χ1) is 7.69. The molecule has 88 valence electrons. The van der Waals surface area contributed by atoms with Gasteiger partial charge in [0.1, 0.15) is 5.69 Å². The van der Waals surface area contributed by atoms with Gasteiger partial charge in [-0.05, 0) is 28.1 Å². The number of halogens is 2. The van der Waals surface area contributed by atoms with E-state index in [0.29, 0.717) is 22.1 Å². The SMILES string of the molecule is COCC(CBr)NC(=O)c1ncccc1Br. The Labute approximate surface area is 111 Å². The van der Waals surface area contributed by atoms with Crippen molar-refractivity contribution in [3.63, 3.8) is 0 Å². The highest BCUT2D eigenvalue weighted by Crippen LogP contribution is 2.13. The predicted molar refractivity (Wildman–Crippen MR) is 68.9 cm³/mol. The van der Waals surface area contributed by atoms with Crippen molar-refractivity contribution in [2.24, 2.45) is 0 Å². The van der Waals surface area contributed by atoms with Gasteiger partial charge in [-0.25, -0.2) is 4.98 Å². The zero-order valence-corrected chi connectivity index (χ0v) is 11.9. The summed E-state index contributed by atoms with van der Waals surface area (Å²) in [6.07, 6.45) is 1.58. The highest BCUT2D eigenvalue weighted by molar-refractivity contribution is 9.10. The van der Waals surface area contributed by atoms with E-state index < -0.39 is 0 Å². The van der Waals surface area contributed by atoms with Gasteiger partial charge in [-0.3, -0.25) is 4.79 Å². The fourth-order valence-corrected chi connectivity index (χ4v) is 1.92. The standard InChI is InChI=1S/C10H12Br2N2O2/c1-16-6-7(5-11)14-10(15)9-8(12)3-2-4-13-9/h2-4,7H,5-6H2,1H3,(H,14,15). The van der Waals surface area contributed by atoms with Gasteiger partial charge >= 0.3 is 0 Å². The number of nitrogens with zero attached hydrogens (tertiary/aromatic N) is 1. The molecule has 1 aromatic heterocycles. The summed E-state index contributed by atoms with van der Waals surface area (Å²) in [5, 5.41) is 3.46. The number of carbonyl (C=O) groups is 1. The second-order valence-electron chi connectivity index (χ2n) is 3.11. The molecule has 0 aliphatic rings. The van der Waals surface area contributed by atoms with E-state index in [1.807, 2.05) is 0 Å². The van der Waals surface area contributed by atoms with Crippen LogP contribution in [0.25, 0.3) is 0 Å². The van der Waals surface area contributed by atoms with Crippen molar-refractivity contribution in [1.82, 2.24) is 10.3 Å². The van der Waals surface area contributed by atoms with Gasteiger partial charge in [0.2, 0.25) is 0 Å². The topological polar surface area (TPSA) is 51.2 Å². The maximum Gasteiger partial charge on any atom is 0.271 e. The quantitative estimate of drug-likeness (QED) is 0.825. The molecule has 0 saturated carbocycles. The summed E-state index contributed by atoms with van der Waals surface area (Å²) in [7, 11) is 1.60. The predicted octanol–water partition coefficient (Wildman–Crippen LogP) is 1.98. The largest absolute Gasteiger partial charge is 0.383 e. The molecule has 6 heteroatoms. The molecule has 0 bridgehead atoms. The molecule has 4 nitrogen and oxygen atoms in total. The summed E-state index contributed by atoms with van der Waals surface area (Å²) in [6.45, 7) is 0.460. The number of rotatable bonds is 5. The van der Waals surface area contributed by atoms with Crippen molar-refractivity contribution in [3.8, 4) is 0 Å². The third-order valence-corrected chi connectivity index (χ3v) is 3.28. The first-order valence-corrected chi connectivity index (χ1v) is 6.56. The molecule has 16 heavy (non-hydrogen) atoms. The van der Waals surface area contributed by atoms with Crippen molar-refractivity contribution in [1.29, 1.82) is 0 Å². The van der Waals surface area contributed by atoms with Gasteiger partial charge in [0.15, 0.2) is 0 Å². The summed E-state index contributed by atoms with van der Waals surface area (Å²) >= 11 is 6.59. The van der Waals surface area contributed by atoms with Gasteiger partial charge in [-0.1, -0.05) is 15.9 Å². The van der Waals surface area contributed by atoms with Crippen molar-refractivity contribution < 1.29 is 9.53 Å². The molecule has 0 fully saturated rings. The molecule has 0 aliphatic carbocycles. The number of aromatic nitrogens is 1. The lowest BCUT2D eigenvalue weighted by molar-refractivity contribution is 0.0902. The lowest BCUT2D eigenvalue weighted by atomic mass is 10.3. The van der Waals surface area contributed by atoms with Gasteiger partial charge in [-0.2, -0.15) is 0 Å². The molecule has 1 N–H and O–H groups in total. The van der Waals surface area contributed by atoms with E-state index in [2.05, 4.69) is 42.2 Å². The van der Waals surface area contributed by atoms with Crippen LogP contribution in [0.2, 0.25) is 0 Å². The Morgan fingerprint density at radius 1 is 1.69 bits per heavy atom. The Balaban J connectivity index is 2.68. The molecule has 1 amide bonds. The number of methoxy groups -OCH3 is 1. The van der Waals surface area contributed by atoms with Crippen LogP contribution in [0.5, 0.6) is 0 Å². The minimum absolute atomic E-state index is 0.0635. The van der Waals surface area contributed by atoms with Crippen molar-refractivity contribution >= 4 is 37.8 Å². The van der Waals surface area contributed by atoms with Gasteiger partial charge in [-0.15, -0.1) is 0 Å². The summed E-state index contributed by atoms with van der Waals surface area (Å²) in [5.74, 6) is -0.214. The van der Waals surface area contributed by atoms with Crippen molar-refractivity contribution in [3.05, 3.63) is 28.5 Å². The molecular formula is C10H12Br2N2O2. The summed E-state index contributed by atoms with van der Waals surface area (Å²) < 4.78 is 5.66. The number of hydrogen-bond donors (Lipinski definition) is 1. The third kappa shape index (κ3) is 3.84. The van der Waals surface area contributed by atoms with E-state index in [1.165, 1.54) is 0 Å².